The molecule has 2 nitrogen and oxygen atoms in total. The summed E-state index contributed by atoms with van der Waals surface area (Å²) in [5, 5.41) is 10.0. The molecule has 208 valence electrons. The Balaban J connectivity index is 1.30. The molecule has 0 N–H and O–H groups in total. The lowest BCUT2D eigenvalue weighted by atomic mass is 9.78. The topological polar surface area (TPSA) is 18.5 Å². The summed E-state index contributed by atoms with van der Waals surface area (Å²) in [6, 6.07) is 46.5. The maximum Gasteiger partial charge on any atom is 0.494 e. The van der Waals surface area contributed by atoms with Gasteiger partial charge >= 0.3 is 7.12 Å². The van der Waals surface area contributed by atoms with Crippen molar-refractivity contribution in [2.45, 2.75) is 38.9 Å². The standard InChI is InChI=1S/C40H33BO2/c1-39(2)40(3,4)43-41(42-39)30-21-20-27-22-29(19-18-28(27)23-30)36-25-38-33-16-10-8-14-31(33)35(26-12-6-5-7-13-26)24-37(38)34-17-11-9-15-32(34)36/h5-25H,1-4H3. The first kappa shape index (κ1) is 26.2. The molecule has 0 bridgehead atoms. The minimum absolute atomic E-state index is 0.361. The molecule has 3 heteroatoms. The van der Waals surface area contributed by atoms with E-state index in [2.05, 4.69) is 155 Å². The second-order valence-electron chi connectivity index (χ2n) is 12.8. The molecule has 0 unspecified atom stereocenters. The van der Waals surface area contributed by atoms with Crippen LogP contribution in [0.1, 0.15) is 27.7 Å². The minimum atomic E-state index is -0.368. The Morgan fingerprint density at radius 3 is 1.51 bits per heavy atom. The van der Waals surface area contributed by atoms with Crippen LogP contribution >= 0.6 is 0 Å². The van der Waals surface area contributed by atoms with Gasteiger partial charge in [0.25, 0.3) is 0 Å². The Hall–Kier alpha value is -4.44. The normalized spacial score (nSPS) is 16.0. The van der Waals surface area contributed by atoms with E-state index in [1.165, 1.54) is 65.3 Å². The molecule has 0 atom stereocenters. The number of benzene rings is 7. The molecule has 0 spiro atoms. The smallest absolute Gasteiger partial charge is 0.399 e. The maximum atomic E-state index is 6.33. The molecular weight excluding hydrogens is 523 g/mol. The second-order valence-corrected chi connectivity index (χ2v) is 12.8. The molecule has 7 aromatic rings. The molecule has 7 aromatic carbocycles. The van der Waals surface area contributed by atoms with Gasteiger partial charge < -0.3 is 9.31 Å². The highest BCUT2D eigenvalue weighted by Crippen LogP contribution is 2.42. The van der Waals surface area contributed by atoms with Gasteiger partial charge in [-0.3, -0.25) is 0 Å². The van der Waals surface area contributed by atoms with Crippen LogP contribution in [-0.2, 0) is 9.31 Å². The first-order valence-corrected chi connectivity index (χ1v) is 15.1. The molecule has 0 radical (unpaired) electrons. The first-order valence-electron chi connectivity index (χ1n) is 15.1. The summed E-state index contributed by atoms with van der Waals surface area (Å²) in [6.07, 6.45) is 0. The SMILES string of the molecule is CC1(C)OB(c2ccc3cc(-c4cc5c6ccccc6c(-c6ccccc6)cc5c5ccccc45)ccc3c2)OC1(C)C. The van der Waals surface area contributed by atoms with Gasteiger partial charge in [0.1, 0.15) is 0 Å². The molecule has 1 aliphatic rings. The average Bonchev–Trinajstić information content (AvgIpc) is 3.26. The molecule has 1 saturated heterocycles. The van der Waals surface area contributed by atoms with Gasteiger partial charge in [-0.25, -0.2) is 0 Å². The molecule has 0 saturated carbocycles. The molecule has 1 aliphatic heterocycles. The summed E-state index contributed by atoms with van der Waals surface area (Å²) in [6.45, 7) is 8.39. The number of rotatable bonds is 3. The van der Waals surface area contributed by atoms with E-state index in [0.29, 0.717) is 0 Å². The summed E-state index contributed by atoms with van der Waals surface area (Å²) in [5.41, 5.74) is 5.30. The van der Waals surface area contributed by atoms with Crippen molar-refractivity contribution in [3.63, 3.8) is 0 Å². The van der Waals surface area contributed by atoms with Crippen molar-refractivity contribution in [3.8, 4) is 22.3 Å². The van der Waals surface area contributed by atoms with Crippen molar-refractivity contribution in [2.75, 3.05) is 0 Å². The van der Waals surface area contributed by atoms with Crippen LogP contribution in [0.25, 0.3) is 65.3 Å². The molecule has 1 fully saturated rings. The summed E-state index contributed by atoms with van der Waals surface area (Å²) in [5.74, 6) is 0. The third-order valence-electron chi connectivity index (χ3n) is 9.67. The van der Waals surface area contributed by atoms with E-state index < -0.39 is 0 Å². The van der Waals surface area contributed by atoms with Crippen molar-refractivity contribution in [3.05, 3.63) is 127 Å². The highest BCUT2D eigenvalue weighted by Gasteiger charge is 2.51. The average molecular weight is 557 g/mol. The summed E-state index contributed by atoms with van der Waals surface area (Å²) >= 11 is 0. The van der Waals surface area contributed by atoms with Crippen LogP contribution in [0.4, 0.5) is 0 Å². The molecule has 0 amide bonds. The molecule has 8 rings (SSSR count). The number of hydrogen-bond acceptors (Lipinski definition) is 2. The zero-order valence-electron chi connectivity index (χ0n) is 25.0. The van der Waals surface area contributed by atoms with E-state index in [-0.39, 0.29) is 18.3 Å². The van der Waals surface area contributed by atoms with Crippen molar-refractivity contribution < 1.29 is 9.31 Å². The zero-order valence-corrected chi connectivity index (χ0v) is 25.0. The van der Waals surface area contributed by atoms with Gasteiger partial charge in [-0.15, -0.1) is 0 Å². The van der Waals surface area contributed by atoms with Crippen LogP contribution in [0.5, 0.6) is 0 Å². The van der Waals surface area contributed by atoms with Crippen molar-refractivity contribution in [1.29, 1.82) is 0 Å². The van der Waals surface area contributed by atoms with Gasteiger partial charge in [-0.05, 0) is 117 Å². The lowest BCUT2D eigenvalue weighted by Crippen LogP contribution is -2.41. The van der Waals surface area contributed by atoms with Gasteiger partial charge in [0, 0.05) is 0 Å². The van der Waals surface area contributed by atoms with Crippen LogP contribution < -0.4 is 5.46 Å². The first-order chi connectivity index (χ1) is 20.8. The van der Waals surface area contributed by atoms with Crippen molar-refractivity contribution in [1.82, 2.24) is 0 Å². The molecular formula is C40H33BO2. The van der Waals surface area contributed by atoms with E-state index >= 15 is 0 Å². The van der Waals surface area contributed by atoms with Crippen molar-refractivity contribution >= 4 is 55.7 Å². The summed E-state index contributed by atoms with van der Waals surface area (Å²) in [4.78, 5) is 0. The maximum absolute atomic E-state index is 6.33. The molecule has 0 aliphatic carbocycles. The van der Waals surface area contributed by atoms with Crippen LogP contribution in [-0.4, -0.2) is 18.3 Å². The summed E-state index contributed by atoms with van der Waals surface area (Å²) < 4.78 is 12.7. The second kappa shape index (κ2) is 9.54. The fourth-order valence-electron chi connectivity index (χ4n) is 6.60. The lowest BCUT2D eigenvalue weighted by Gasteiger charge is -2.32. The Bertz CT molecular complexity index is 2180. The van der Waals surface area contributed by atoms with Gasteiger partial charge in [0.2, 0.25) is 0 Å². The Morgan fingerprint density at radius 2 is 0.907 bits per heavy atom. The number of hydrogen-bond donors (Lipinski definition) is 0. The third-order valence-corrected chi connectivity index (χ3v) is 9.67. The lowest BCUT2D eigenvalue weighted by molar-refractivity contribution is 0.00578. The van der Waals surface area contributed by atoms with Crippen LogP contribution in [0.15, 0.2) is 127 Å². The highest BCUT2D eigenvalue weighted by molar-refractivity contribution is 6.62. The predicted octanol–water partition coefficient (Wildman–Crippen LogP) is 9.93. The Labute approximate surface area is 253 Å². The molecule has 43 heavy (non-hydrogen) atoms. The van der Waals surface area contributed by atoms with Gasteiger partial charge in [0.05, 0.1) is 11.2 Å². The zero-order chi connectivity index (χ0) is 29.3. The fourth-order valence-corrected chi connectivity index (χ4v) is 6.60. The monoisotopic (exact) mass is 556 g/mol. The number of fused-ring (bicyclic) bond motifs is 6. The van der Waals surface area contributed by atoms with E-state index in [0.717, 1.165) is 5.46 Å². The van der Waals surface area contributed by atoms with E-state index in [4.69, 9.17) is 9.31 Å². The van der Waals surface area contributed by atoms with Crippen molar-refractivity contribution in [2.24, 2.45) is 0 Å². The molecule has 1 heterocycles. The van der Waals surface area contributed by atoms with Crippen LogP contribution in [0.3, 0.4) is 0 Å². The van der Waals surface area contributed by atoms with Gasteiger partial charge in [-0.1, -0.05) is 109 Å². The molecule has 0 aromatic heterocycles. The van der Waals surface area contributed by atoms with Gasteiger partial charge in [0.15, 0.2) is 0 Å². The Kier molecular flexibility index (Phi) is 5.81. The fraction of sp³-hybridized carbons (Fsp3) is 0.150. The Morgan fingerprint density at radius 1 is 0.419 bits per heavy atom. The van der Waals surface area contributed by atoms with E-state index in [1.54, 1.807) is 0 Å². The summed E-state index contributed by atoms with van der Waals surface area (Å²) in [7, 11) is -0.368. The van der Waals surface area contributed by atoms with Crippen LogP contribution in [0.2, 0.25) is 0 Å². The van der Waals surface area contributed by atoms with Crippen LogP contribution in [0, 0.1) is 0 Å². The highest BCUT2D eigenvalue weighted by atomic mass is 16.7. The predicted molar refractivity (Wildman–Crippen MR) is 183 cm³/mol. The van der Waals surface area contributed by atoms with Gasteiger partial charge in [-0.2, -0.15) is 0 Å². The van der Waals surface area contributed by atoms with E-state index in [1.807, 2.05) is 0 Å². The quantitative estimate of drug-likeness (QED) is 0.159. The van der Waals surface area contributed by atoms with E-state index in [9.17, 15) is 0 Å². The largest absolute Gasteiger partial charge is 0.494 e. The third kappa shape index (κ3) is 4.18. The minimum Gasteiger partial charge on any atom is -0.399 e.